The first-order valence-electron chi connectivity index (χ1n) is 22.9. The van der Waals surface area contributed by atoms with Gasteiger partial charge in [0.2, 0.25) is 0 Å². The van der Waals surface area contributed by atoms with E-state index < -0.39 is 13.9 Å². The minimum absolute atomic E-state index is 0.0771. The molecule has 0 aliphatic carbocycles. The Morgan fingerprint density at radius 3 is 1.79 bits per heavy atom. The highest BCUT2D eigenvalue weighted by Crippen LogP contribution is 2.43. The Morgan fingerprint density at radius 1 is 0.661 bits per heavy atom. The summed E-state index contributed by atoms with van der Waals surface area (Å²) in [5, 5.41) is 0. The van der Waals surface area contributed by atoms with E-state index in [4.69, 9.17) is 23.3 Å². The lowest BCUT2D eigenvalue weighted by molar-refractivity contribution is -0.870. The zero-order valence-corrected chi connectivity index (χ0v) is 37.7. The minimum Gasteiger partial charge on any atom is -0.457 e. The second-order valence-corrected chi connectivity index (χ2v) is 18.3. The summed E-state index contributed by atoms with van der Waals surface area (Å²) in [4.78, 5) is 22.9. The Hall–Kier alpha value is -1.32. The molecule has 1 fully saturated rings. The first-order chi connectivity index (χ1) is 27.1. The van der Waals surface area contributed by atoms with Crippen LogP contribution in [0, 0.1) is 0 Å². The predicted molar refractivity (Wildman–Crippen MR) is 233 cm³/mol. The second kappa shape index (κ2) is 35.6. The van der Waals surface area contributed by atoms with Gasteiger partial charge in [0.1, 0.15) is 19.3 Å². The molecule has 0 saturated carbocycles. The molecule has 1 rings (SSSR count). The van der Waals surface area contributed by atoms with E-state index in [1.807, 2.05) is 21.1 Å². The number of phosphoric ester groups is 1. The number of esters is 1. The molecule has 0 aromatic rings. The van der Waals surface area contributed by atoms with Crippen molar-refractivity contribution >= 4 is 13.8 Å². The third-order valence-electron chi connectivity index (χ3n) is 10.1. The normalized spacial score (nSPS) is 17.7. The summed E-state index contributed by atoms with van der Waals surface area (Å²) in [7, 11) is 1.63. The van der Waals surface area contributed by atoms with Crippen LogP contribution in [0.2, 0.25) is 0 Å². The van der Waals surface area contributed by atoms with E-state index in [1.54, 1.807) is 0 Å². The lowest BCUT2D eigenvalue weighted by atomic mass is 10.0. The van der Waals surface area contributed by atoms with Crippen LogP contribution >= 0.6 is 7.82 Å². The standard InChI is InChI=1S/C46H86NO8P/c1-6-8-10-11-12-13-14-15-16-17-18-21-24-27-30-34-39-51-41-43(42-53-56(49,50)52-40-38-47(3,4)5)54-46(48)37-33-29-26-23-20-19-22-25-28-32-36-45-44(55-45)35-31-9-7-2/h19,22-23,26,28,32,43-45H,6-18,20-21,24-25,27,29-31,33-42H2,1-5H3/p+1/b22-19-,26-23-,32-28-. The molecule has 1 N–H and O–H groups in total. The highest BCUT2D eigenvalue weighted by Gasteiger charge is 2.36. The molecule has 0 aromatic heterocycles. The lowest BCUT2D eigenvalue weighted by Crippen LogP contribution is -2.37. The minimum atomic E-state index is -4.29. The van der Waals surface area contributed by atoms with E-state index in [1.165, 1.54) is 116 Å². The van der Waals surface area contributed by atoms with E-state index in [-0.39, 0.29) is 32.2 Å². The molecule has 0 spiro atoms. The molecule has 1 heterocycles. The van der Waals surface area contributed by atoms with Crippen molar-refractivity contribution in [3.8, 4) is 0 Å². The fraction of sp³-hybridized carbons (Fsp3) is 0.848. The van der Waals surface area contributed by atoms with Crippen molar-refractivity contribution in [3.63, 3.8) is 0 Å². The molecule has 4 atom stereocenters. The number of hydrogen-bond acceptors (Lipinski definition) is 7. The lowest BCUT2D eigenvalue weighted by Gasteiger charge is -2.24. The quantitative estimate of drug-likeness (QED) is 0.0163. The van der Waals surface area contributed by atoms with Crippen molar-refractivity contribution in [1.29, 1.82) is 0 Å². The van der Waals surface area contributed by atoms with E-state index in [2.05, 4.69) is 50.3 Å². The fourth-order valence-electron chi connectivity index (χ4n) is 6.46. The maximum atomic E-state index is 12.7. The topological polar surface area (TPSA) is 104 Å². The number of unbranched alkanes of at least 4 members (excludes halogenated alkanes) is 18. The number of carbonyl (C=O) groups is 1. The Morgan fingerprint density at radius 2 is 1.20 bits per heavy atom. The number of ether oxygens (including phenoxy) is 3. The second-order valence-electron chi connectivity index (χ2n) is 16.8. The van der Waals surface area contributed by atoms with Crippen LogP contribution in [-0.4, -0.2) is 87.8 Å². The molecular weight excluding hydrogens is 725 g/mol. The summed E-state index contributed by atoms with van der Waals surface area (Å²) >= 11 is 0. The maximum absolute atomic E-state index is 12.7. The van der Waals surface area contributed by atoms with Crippen LogP contribution in [0.5, 0.6) is 0 Å². The molecule has 1 aliphatic heterocycles. The first kappa shape index (κ1) is 52.7. The van der Waals surface area contributed by atoms with Gasteiger partial charge in [0, 0.05) is 13.0 Å². The molecule has 0 bridgehead atoms. The molecule has 0 amide bonds. The molecule has 1 saturated heterocycles. The van der Waals surface area contributed by atoms with Crippen LogP contribution in [0.3, 0.4) is 0 Å². The van der Waals surface area contributed by atoms with Crippen LogP contribution in [-0.2, 0) is 32.6 Å². The largest absolute Gasteiger partial charge is 0.472 e. The van der Waals surface area contributed by atoms with Crippen LogP contribution in [0.1, 0.15) is 181 Å². The van der Waals surface area contributed by atoms with Gasteiger partial charge >= 0.3 is 13.8 Å². The number of epoxide rings is 1. The number of phosphoric acid groups is 1. The molecule has 0 aromatic carbocycles. The van der Waals surface area contributed by atoms with Crippen LogP contribution in [0.25, 0.3) is 0 Å². The number of carbonyl (C=O) groups excluding carboxylic acids is 1. The van der Waals surface area contributed by atoms with Gasteiger partial charge in [-0.1, -0.05) is 166 Å². The molecular formula is C46H87NO8P+. The first-order valence-corrected chi connectivity index (χ1v) is 24.4. The van der Waals surface area contributed by atoms with Gasteiger partial charge in [0.15, 0.2) is 0 Å². The molecule has 328 valence electrons. The van der Waals surface area contributed by atoms with Crippen LogP contribution in [0.15, 0.2) is 36.5 Å². The van der Waals surface area contributed by atoms with E-state index in [0.29, 0.717) is 36.3 Å². The predicted octanol–water partition coefficient (Wildman–Crippen LogP) is 12.4. The van der Waals surface area contributed by atoms with E-state index in [9.17, 15) is 14.3 Å². The van der Waals surface area contributed by atoms with Gasteiger partial charge in [-0.2, -0.15) is 0 Å². The van der Waals surface area contributed by atoms with Gasteiger partial charge in [-0.3, -0.25) is 13.8 Å². The third-order valence-corrected chi connectivity index (χ3v) is 11.1. The monoisotopic (exact) mass is 813 g/mol. The smallest absolute Gasteiger partial charge is 0.457 e. The summed E-state index contributed by atoms with van der Waals surface area (Å²) in [6.45, 7) is 5.53. The van der Waals surface area contributed by atoms with Crippen molar-refractivity contribution in [3.05, 3.63) is 36.5 Å². The third kappa shape index (κ3) is 35.8. The SMILES string of the molecule is CCCCCCCCCCCCCCCCCCOCC(COP(=O)(O)OCC[N+](C)(C)C)OC(=O)CCC/C=C\C/C=C\C/C=C\CC1OC1CCCCC. The van der Waals surface area contributed by atoms with Crippen LogP contribution in [0.4, 0.5) is 0 Å². The number of hydrogen-bond donors (Lipinski definition) is 1. The molecule has 56 heavy (non-hydrogen) atoms. The van der Waals surface area contributed by atoms with Gasteiger partial charge < -0.3 is 23.6 Å². The number of allylic oxidation sites excluding steroid dienone is 5. The summed E-state index contributed by atoms with van der Waals surface area (Å²) in [5.41, 5.74) is 0. The number of quaternary nitrogens is 1. The zero-order valence-electron chi connectivity index (χ0n) is 36.8. The number of likely N-dealkylation sites (N-methyl/N-ethyl adjacent to an activating group) is 1. The summed E-state index contributed by atoms with van der Waals surface area (Å²) in [6, 6.07) is 0. The highest BCUT2D eigenvalue weighted by molar-refractivity contribution is 7.47. The van der Waals surface area contributed by atoms with Gasteiger partial charge in [-0.25, -0.2) is 4.57 Å². The van der Waals surface area contributed by atoms with Gasteiger partial charge in [0.05, 0.1) is 46.6 Å². The van der Waals surface area contributed by atoms with E-state index >= 15 is 0 Å². The Kier molecular flexibility index (Phi) is 33.5. The molecule has 10 heteroatoms. The Balaban J connectivity index is 2.24. The van der Waals surface area contributed by atoms with E-state index in [0.717, 1.165) is 38.5 Å². The van der Waals surface area contributed by atoms with Crippen molar-refractivity contribution in [1.82, 2.24) is 0 Å². The summed E-state index contributed by atoms with van der Waals surface area (Å²) in [6.07, 6.45) is 43.6. The average Bonchev–Trinajstić information content (AvgIpc) is 3.90. The van der Waals surface area contributed by atoms with Crippen LogP contribution < -0.4 is 0 Å². The zero-order chi connectivity index (χ0) is 41.0. The molecule has 1 aliphatic rings. The van der Waals surface area contributed by atoms with Gasteiger partial charge in [0.25, 0.3) is 0 Å². The maximum Gasteiger partial charge on any atom is 0.472 e. The fourth-order valence-corrected chi connectivity index (χ4v) is 7.20. The van der Waals surface area contributed by atoms with Crippen molar-refractivity contribution in [2.24, 2.45) is 0 Å². The summed E-state index contributed by atoms with van der Waals surface area (Å²) < 4.78 is 40.7. The number of nitrogens with zero attached hydrogens (tertiary/aromatic N) is 1. The molecule has 9 nitrogen and oxygen atoms in total. The van der Waals surface area contributed by atoms with Crippen molar-refractivity contribution in [2.75, 3.05) is 54.1 Å². The Labute approximate surface area is 344 Å². The van der Waals surface area contributed by atoms with Gasteiger partial charge in [-0.15, -0.1) is 0 Å². The highest BCUT2D eigenvalue weighted by atomic mass is 31.2. The number of rotatable bonds is 41. The van der Waals surface area contributed by atoms with Gasteiger partial charge in [-0.05, 0) is 44.9 Å². The average molecular weight is 813 g/mol. The summed E-state index contributed by atoms with van der Waals surface area (Å²) in [5.74, 6) is -0.368. The Bertz CT molecular complexity index is 1060. The molecule has 0 radical (unpaired) electrons. The van der Waals surface area contributed by atoms with Crippen molar-refractivity contribution in [2.45, 2.75) is 199 Å². The van der Waals surface area contributed by atoms with Crippen molar-refractivity contribution < 1.29 is 42.0 Å². The molecule has 4 unspecified atom stereocenters.